The molecule has 2 amide bonds. The summed E-state index contributed by atoms with van der Waals surface area (Å²) >= 11 is 0. The van der Waals surface area contributed by atoms with E-state index in [9.17, 15) is 27.2 Å². The van der Waals surface area contributed by atoms with Crippen LogP contribution in [0.25, 0.3) is 11.0 Å². The number of carbonyl (C=O) groups is 2. The lowest BCUT2D eigenvalue weighted by molar-refractivity contribution is -0.140. The molecule has 1 aromatic heterocycles. The molecule has 2 heterocycles. The summed E-state index contributed by atoms with van der Waals surface area (Å²) in [6.45, 7) is 7.03. The van der Waals surface area contributed by atoms with Crippen LogP contribution in [-0.2, 0) is 11.3 Å². The molecule has 2 atom stereocenters. The number of likely N-dealkylation sites (tertiary alicyclic amines) is 1. The van der Waals surface area contributed by atoms with Gasteiger partial charge in [0.2, 0.25) is 0 Å². The minimum atomic E-state index is -4.51. The molecule has 1 aliphatic heterocycles. The van der Waals surface area contributed by atoms with Crippen LogP contribution in [0.4, 0.5) is 23.2 Å². The van der Waals surface area contributed by atoms with E-state index in [0.29, 0.717) is 24.3 Å². The van der Waals surface area contributed by atoms with Crippen LogP contribution in [0, 0.1) is 23.6 Å². The zero-order valence-corrected chi connectivity index (χ0v) is 27.3. The quantitative estimate of drug-likeness (QED) is 0.218. The van der Waals surface area contributed by atoms with Crippen molar-refractivity contribution in [2.45, 2.75) is 51.5 Å². The zero-order chi connectivity index (χ0) is 34.5. The Kier molecular flexibility index (Phi) is 11.0. The Labute approximate surface area is 271 Å². The number of hydrogen-bond donors (Lipinski definition) is 3. The molecule has 2 aromatic carbocycles. The molecule has 3 aromatic rings. The lowest BCUT2D eigenvalue weighted by atomic mass is 9.89. The average molecular weight is 661 g/mol. The number of benzene rings is 2. The number of alkyl halides is 3. The number of halogens is 4. The number of anilines is 1. The highest BCUT2D eigenvalue weighted by molar-refractivity contribution is 6.05. The van der Waals surface area contributed by atoms with Gasteiger partial charge in [-0.25, -0.2) is 9.37 Å². The number of methoxy groups -OCH3 is 2. The molecule has 0 aliphatic carbocycles. The van der Waals surface area contributed by atoms with E-state index in [2.05, 4.69) is 58.4 Å². The van der Waals surface area contributed by atoms with Crippen molar-refractivity contribution in [3.05, 3.63) is 53.1 Å². The fourth-order valence-corrected chi connectivity index (χ4v) is 5.78. The number of fused-ring (bicyclic) bond motifs is 1. The van der Waals surface area contributed by atoms with Crippen molar-refractivity contribution in [3.8, 4) is 17.6 Å². The summed E-state index contributed by atoms with van der Waals surface area (Å²) in [4.78, 5) is 32.2. The smallest absolute Gasteiger partial charge is 0.406 e. The molecule has 0 spiro atoms. The second-order valence-electron chi connectivity index (χ2n) is 12.2. The van der Waals surface area contributed by atoms with Crippen molar-refractivity contribution >= 4 is 28.5 Å². The molecule has 3 N–H and O–H groups in total. The molecule has 1 fully saturated rings. The first-order valence-corrected chi connectivity index (χ1v) is 15.1. The highest BCUT2D eigenvalue weighted by Gasteiger charge is 2.35. The molecule has 14 heteroatoms. The van der Waals surface area contributed by atoms with Crippen molar-refractivity contribution in [1.82, 2.24) is 25.1 Å². The van der Waals surface area contributed by atoms with Gasteiger partial charge in [-0.1, -0.05) is 18.8 Å². The molecular weight excluding hydrogens is 620 g/mol. The van der Waals surface area contributed by atoms with Gasteiger partial charge in [-0.3, -0.25) is 14.5 Å². The minimum Gasteiger partial charge on any atom is -0.494 e. The number of amides is 2. The number of carbonyl (C=O) groups excluding carboxylic acids is 2. The first-order valence-electron chi connectivity index (χ1n) is 15.1. The summed E-state index contributed by atoms with van der Waals surface area (Å²) in [6, 6.07) is 5.18. The first kappa shape index (κ1) is 35.5. The zero-order valence-electron chi connectivity index (χ0n) is 27.3. The van der Waals surface area contributed by atoms with E-state index in [4.69, 9.17) is 9.47 Å². The SMILES string of the molecule is CNC(=O)c1cc(NCC#Cc2cc(C(=O)NC3CCN(C(C)(C)COC)CC3C)c3ncn(CC(F)(F)F)c3c2)c(OC)cc1F. The van der Waals surface area contributed by atoms with E-state index in [1.807, 2.05) is 0 Å². The van der Waals surface area contributed by atoms with Crippen molar-refractivity contribution in [3.63, 3.8) is 0 Å². The van der Waals surface area contributed by atoms with Crippen LogP contribution in [0.5, 0.6) is 5.75 Å². The predicted molar refractivity (Wildman–Crippen MR) is 170 cm³/mol. The number of ether oxygens (including phenoxy) is 2. The van der Waals surface area contributed by atoms with Crippen molar-refractivity contribution in [1.29, 1.82) is 0 Å². The Balaban J connectivity index is 1.59. The number of piperidine rings is 1. The van der Waals surface area contributed by atoms with Gasteiger partial charge in [0.25, 0.3) is 11.8 Å². The third-order valence-corrected chi connectivity index (χ3v) is 8.26. The lowest BCUT2D eigenvalue weighted by Crippen LogP contribution is -2.57. The standard InChI is InChI=1S/C33H40F4N6O4/c1-20-16-43(32(2,3)18-46-5)11-9-25(20)41-31(45)23-12-21(13-27-29(23)40-19-42(27)17-33(35,36)37)8-7-10-39-26-14-22(30(44)38-4)24(34)15-28(26)47-6/h12-15,19-20,25,39H,9-11,16-18H2,1-6H3,(H,38,44)(H,41,45). The van der Waals surface area contributed by atoms with Gasteiger partial charge in [-0.15, -0.1) is 0 Å². The third-order valence-electron chi connectivity index (χ3n) is 8.26. The Morgan fingerprint density at radius 1 is 1.11 bits per heavy atom. The minimum absolute atomic E-state index is 0.00602. The summed E-state index contributed by atoms with van der Waals surface area (Å²) in [6.07, 6.45) is -2.76. The van der Waals surface area contributed by atoms with Crippen LogP contribution in [0.15, 0.2) is 30.6 Å². The second-order valence-corrected chi connectivity index (χ2v) is 12.2. The van der Waals surface area contributed by atoms with Gasteiger partial charge in [-0.05, 0) is 44.4 Å². The number of hydrogen-bond acceptors (Lipinski definition) is 7. The van der Waals surface area contributed by atoms with Crippen molar-refractivity contribution in [2.75, 3.05) is 52.8 Å². The van der Waals surface area contributed by atoms with Gasteiger partial charge in [0.05, 0.1) is 48.9 Å². The Bertz CT molecular complexity index is 1680. The normalized spacial score (nSPS) is 17.1. The van der Waals surface area contributed by atoms with E-state index in [1.165, 1.54) is 32.4 Å². The summed E-state index contributed by atoms with van der Waals surface area (Å²) in [7, 11) is 4.39. The first-order chi connectivity index (χ1) is 22.2. The molecule has 10 nitrogen and oxygen atoms in total. The summed E-state index contributed by atoms with van der Waals surface area (Å²) < 4.78 is 66.0. The fraction of sp³-hybridized carbons (Fsp3) is 0.485. The monoisotopic (exact) mass is 660 g/mol. The largest absolute Gasteiger partial charge is 0.494 e. The molecule has 47 heavy (non-hydrogen) atoms. The topological polar surface area (TPSA) is 110 Å². The summed E-state index contributed by atoms with van der Waals surface area (Å²) in [5, 5.41) is 8.43. The predicted octanol–water partition coefficient (Wildman–Crippen LogP) is 4.43. The van der Waals surface area contributed by atoms with Crippen LogP contribution in [0.1, 0.15) is 53.5 Å². The van der Waals surface area contributed by atoms with Crippen LogP contribution in [0.2, 0.25) is 0 Å². The molecule has 0 saturated carbocycles. The summed E-state index contributed by atoms with van der Waals surface area (Å²) in [5.74, 6) is 4.19. The molecule has 1 aliphatic rings. The van der Waals surface area contributed by atoms with Gasteiger partial charge in [0.1, 0.15) is 23.6 Å². The lowest BCUT2D eigenvalue weighted by Gasteiger charge is -2.45. The third kappa shape index (κ3) is 8.52. The number of rotatable bonds is 10. The van der Waals surface area contributed by atoms with Crippen LogP contribution in [0.3, 0.4) is 0 Å². The van der Waals surface area contributed by atoms with Crippen molar-refractivity contribution < 1.29 is 36.6 Å². The van der Waals surface area contributed by atoms with E-state index < -0.39 is 30.4 Å². The number of nitrogens with zero attached hydrogens (tertiary/aromatic N) is 3. The van der Waals surface area contributed by atoms with E-state index in [-0.39, 0.29) is 52.0 Å². The molecular formula is C33H40F4N6O4. The van der Waals surface area contributed by atoms with E-state index >= 15 is 0 Å². The van der Waals surface area contributed by atoms with Crippen LogP contribution < -0.4 is 20.7 Å². The van der Waals surface area contributed by atoms with Crippen molar-refractivity contribution in [2.24, 2.45) is 5.92 Å². The summed E-state index contributed by atoms with van der Waals surface area (Å²) in [5.41, 5.74) is 0.616. The number of aromatic nitrogens is 2. The number of nitrogens with one attached hydrogen (secondary N) is 3. The number of imidazole rings is 1. The van der Waals surface area contributed by atoms with Gasteiger partial charge >= 0.3 is 6.18 Å². The Morgan fingerprint density at radius 2 is 1.85 bits per heavy atom. The molecule has 0 bridgehead atoms. The van der Waals surface area contributed by atoms with Gasteiger partial charge in [-0.2, -0.15) is 13.2 Å². The molecule has 0 radical (unpaired) electrons. The molecule has 1 saturated heterocycles. The van der Waals surface area contributed by atoms with Crippen LogP contribution in [-0.4, -0.2) is 91.5 Å². The van der Waals surface area contributed by atoms with Gasteiger partial charge in [0.15, 0.2) is 0 Å². The van der Waals surface area contributed by atoms with Crippen LogP contribution >= 0.6 is 0 Å². The maximum absolute atomic E-state index is 14.4. The molecule has 2 unspecified atom stereocenters. The Morgan fingerprint density at radius 3 is 2.49 bits per heavy atom. The Hall–Kier alpha value is -4.35. The van der Waals surface area contributed by atoms with Gasteiger partial charge in [0, 0.05) is 50.5 Å². The van der Waals surface area contributed by atoms with E-state index in [0.717, 1.165) is 30.1 Å². The highest BCUT2D eigenvalue weighted by atomic mass is 19.4. The van der Waals surface area contributed by atoms with Gasteiger partial charge < -0.3 is 30.0 Å². The maximum Gasteiger partial charge on any atom is 0.406 e. The highest BCUT2D eigenvalue weighted by Crippen LogP contribution is 2.29. The average Bonchev–Trinajstić information content (AvgIpc) is 3.40. The van der Waals surface area contributed by atoms with E-state index in [1.54, 1.807) is 7.11 Å². The molecule has 254 valence electrons. The second kappa shape index (κ2) is 14.6. The fourth-order valence-electron chi connectivity index (χ4n) is 5.78. The molecule has 4 rings (SSSR count). The maximum atomic E-state index is 14.4.